The third kappa shape index (κ3) is 2.23. The second kappa shape index (κ2) is 5.97. The lowest BCUT2D eigenvalue weighted by atomic mass is 9.85. The molecular weight excluding hydrogens is 280 g/mol. The lowest BCUT2D eigenvalue weighted by Crippen LogP contribution is -2.53. The standard InChI is InChI=1S/C17H25N2O3/c1-5-16(6-2)11-13(17(7-3,8-4)19(16)22)12-18-14(20)9-10-15(18)21/h9-11H,5-8,12H2,1-4H3. The molecule has 0 fully saturated rings. The number of nitrogens with zero attached hydrogens (tertiary/aromatic N) is 2. The lowest BCUT2D eigenvalue weighted by molar-refractivity contribution is -0.258. The Morgan fingerprint density at radius 2 is 1.41 bits per heavy atom. The Labute approximate surface area is 132 Å². The molecule has 1 radical (unpaired) electrons. The predicted octanol–water partition coefficient (Wildman–Crippen LogP) is 2.62. The zero-order valence-electron chi connectivity index (χ0n) is 13.9. The summed E-state index contributed by atoms with van der Waals surface area (Å²) in [6.07, 6.45) is 7.38. The smallest absolute Gasteiger partial charge is 0.253 e. The van der Waals surface area contributed by atoms with E-state index in [-0.39, 0.29) is 18.4 Å². The van der Waals surface area contributed by atoms with Gasteiger partial charge < -0.3 is 0 Å². The summed E-state index contributed by atoms with van der Waals surface area (Å²) >= 11 is 0. The van der Waals surface area contributed by atoms with Gasteiger partial charge in [0.15, 0.2) is 0 Å². The molecular formula is C17H25N2O3. The topological polar surface area (TPSA) is 60.5 Å². The van der Waals surface area contributed by atoms with Crippen LogP contribution in [0.25, 0.3) is 0 Å². The average Bonchev–Trinajstić information content (AvgIpc) is 2.97. The number of hydrogen-bond donors (Lipinski definition) is 0. The molecule has 0 atom stereocenters. The third-order valence-electron chi connectivity index (χ3n) is 5.46. The Kier molecular flexibility index (Phi) is 4.59. The van der Waals surface area contributed by atoms with Crippen LogP contribution in [0.5, 0.6) is 0 Å². The molecule has 0 N–H and O–H groups in total. The molecule has 2 heterocycles. The van der Waals surface area contributed by atoms with Gasteiger partial charge in [0.05, 0.1) is 17.6 Å². The average molecular weight is 305 g/mol. The van der Waals surface area contributed by atoms with Gasteiger partial charge in [-0.15, -0.1) is 10.3 Å². The minimum absolute atomic E-state index is 0.215. The maximum absolute atomic E-state index is 13.1. The second-order valence-electron chi connectivity index (χ2n) is 6.11. The van der Waals surface area contributed by atoms with Crippen molar-refractivity contribution < 1.29 is 14.8 Å². The molecule has 5 nitrogen and oxygen atoms in total. The van der Waals surface area contributed by atoms with E-state index in [9.17, 15) is 14.8 Å². The van der Waals surface area contributed by atoms with Gasteiger partial charge >= 0.3 is 0 Å². The van der Waals surface area contributed by atoms with Crippen LogP contribution in [0.15, 0.2) is 23.8 Å². The molecule has 0 aromatic heterocycles. The number of hydrogen-bond acceptors (Lipinski definition) is 3. The van der Waals surface area contributed by atoms with Crippen molar-refractivity contribution in [1.82, 2.24) is 9.96 Å². The number of amides is 2. The molecule has 121 valence electrons. The van der Waals surface area contributed by atoms with Gasteiger partial charge in [-0.1, -0.05) is 33.8 Å². The summed E-state index contributed by atoms with van der Waals surface area (Å²) in [5, 5.41) is 14.3. The lowest BCUT2D eigenvalue weighted by Gasteiger charge is -2.41. The summed E-state index contributed by atoms with van der Waals surface area (Å²) in [6.45, 7) is 8.23. The van der Waals surface area contributed by atoms with Gasteiger partial charge in [0, 0.05) is 12.2 Å². The molecule has 0 aromatic carbocycles. The van der Waals surface area contributed by atoms with Gasteiger partial charge in [-0.3, -0.25) is 14.5 Å². The van der Waals surface area contributed by atoms with Gasteiger partial charge in [0.2, 0.25) is 0 Å². The van der Waals surface area contributed by atoms with Gasteiger partial charge in [-0.2, -0.15) is 0 Å². The predicted molar refractivity (Wildman–Crippen MR) is 83.1 cm³/mol. The van der Waals surface area contributed by atoms with E-state index in [1.807, 2.05) is 33.8 Å². The van der Waals surface area contributed by atoms with Crippen LogP contribution in [0.2, 0.25) is 0 Å². The first-order valence-corrected chi connectivity index (χ1v) is 8.14. The monoisotopic (exact) mass is 305 g/mol. The molecule has 0 saturated heterocycles. The number of carbonyl (C=O) groups excluding carboxylic acids is 2. The Balaban J connectivity index is 2.41. The van der Waals surface area contributed by atoms with E-state index in [0.29, 0.717) is 12.8 Å². The molecule has 0 spiro atoms. The van der Waals surface area contributed by atoms with E-state index in [4.69, 9.17) is 0 Å². The first kappa shape index (κ1) is 16.9. The Hall–Kier alpha value is -1.46. The van der Waals surface area contributed by atoms with Crippen molar-refractivity contribution in [2.24, 2.45) is 0 Å². The highest BCUT2D eigenvalue weighted by Gasteiger charge is 2.53. The van der Waals surface area contributed by atoms with Crippen molar-refractivity contribution in [1.29, 1.82) is 0 Å². The molecule has 2 aliphatic rings. The summed E-state index contributed by atoms with van der Waals surface area (Å²) in [4.78, 5) is 24.9. The summed E-state index contributed by atoms with van der Waals surface area (Å²) < 4.78 is 0. The van der Waals surface area contributed by atoms with Gasteiger partial charge in [-0.25, -0.2) is 0 Å². The first-order valence-electron chi connectivity index (χ1n) is 8.14. The molecule has 22 heavy (non-hydrogen) atoms. The number of carbonyl (C=O) groups is 2. The van der Waals surface area contributed by atoms with Crippen molar-refractivity contribution in [3.8, 4) is 0 Å². The number of hydroxylamine groups is 2. The second-order valence-corrected chi connectivity index (χ2v) is 6.11. The van der Waals surface area contributed by atoms with Crippen LogP contribution in [-0.2, 0) is 14.8 Å². The number of rotatable bonds is 6. The maximum atomic E-state index is 13.1. The fourth-order valence-electron chi connectivity index (χ4n) is 3.76. The highest BCUT2D eigenvalue weighted by Crippen LogP contribution is 2.46. The molecule has 2 aliphatic heterocycles. The molecule has 2 rings (SSSR count). The highest BCUT2D eigenvalue weighted by atomic mass is 16.5. The van der Waals surface area contributed by atoms with E-state index in [1.54, 1.807) is 0 Å². The third-order valence-corrected chi connectivity index (χ3v) is 5.46. The molecule has 0 unspecified atom stereocenters. The van der Waals surface area contributed by atoms with E-state index in [2.05, 4.69) is 0 Å². The Morgan fingerprint density at radius 1 is 0.909 bits per heavy atom. The van der Waals surface area contributed by atoms with Crippen LogP contribution < -0.4 is 0 Å². The van der Waals surface area contributed by atoms with Crippen molar-refractivity contribution >= 4 is 11.8 Å². The minimum Gasteiger partial charge on any atom is -0.271 e. The molecule has 0 saturated carbocycles. The summed E-state index contributed by atoms with van der Waals surface area (Å²) in [5.41, 5.74) is -0.239. The van der Waals surface area contributed by atoms with Crippen molar-refractivity contribution in [2.45, 2.75) is 64.5 Å². The van der Waals surface area contributed by atoms with Crippen LogP contribution in [0.1, 0.15) is 53.4 Å². The van der Waals surface area contributed by atoms with Crippen molar-refractivity contribution in [3.05, 3.63) is 23.8 Å². The fourth-order valence-corrected chi connectivity index (χ4v) is 3.76. The molecule has 2 amide bonds. The van der Waals surface area contributed by atoms with Crippen molar-refractivity contribution in [2.75, 3.05) is 6.54 Å². The fraction of sp³-hybridized carbons (Fsp3) is 0.647. The van der Waals surface area contributed by atoms with Gasteiger partial charge in [0.25, 0.3) is 11.8 Å². The van der Waals surface area contributed by atoms with E-state index in [0.717, 1.165) is 18.4 Å². The zero-order chi connectivity index (χ0) is 16.5. The minimum atomic E-state index is -0.616. The Morgan fingerprint density at radius 3 is 1.82 bits per heavy atom. The molecule has 0 bridgehead atoms. The van der Waals surface area contributed by atoms with Gasteiger partial charge in [-0.05, 0) is 31.3 Å². The van der Waals surface area contributed by atoms with Crippen LogP contribution in [0, 0.1) is 0 Å². The van der Waals surface area contributed by atoms with Crippen LogP contribution >= 0.6 is 0 Å². The van der Waals surface area contributed by atoms with Crippen LogP contribution in [0.3, 0.4) is 0 Å². The Bertz CT molecular complexity index is 510. The van der Waals surface area contributed by atoms with E-state index in [1.165, 1.54) is 22.1 Å². The number of imide groups is 1. The summed E-state index contributed by atoms with van der Waals surface area (Å²) in [6, 6.07) is 0. The zero-order valence-corrected chi connectivity index (χ0v) is 13.9. The highest BCUT2D eigenvalue weighted by molar-refractivity contribution is 6.13. The first-order chi connectivity index (χ1) is 10.4. The van der Waals surface area contributed by atoms with Crippen LogP contribution in [-0.4, -0.2) is 39.4 Å². The SMILES string of the molecule is CCC1(CC)C=C(CN2C(=O)C=CC2=O)C(CC)(CC)N1[O]. The van der Waals surface area contributed by atoms with Crippen molar-refractivity contribution in [3.63, 3.8) is 0 Å². The molecule has 0 aliphatic carbocycles. The van der Waals surface area contributed by atoms with E-state index < -0.39 is 11.1 Å². The summed E-state index contributed by atoms with van der Waals surface area (Å²) in [5.74, 6) is -0.593. The van der Waals surface area contributed by atoms with Gasteiger partial charge in [0.1, 0.15) is 0 Å². The normalized spacial score (nSPS) is 23.5. The quantitative estimate of drug-likeness (QED) is 0.560. The molecule has 5 heteroatoms. The summed E-state index contributed by atoms with van der Waals surface area (Å²) in [7, 11) is 0. The van der Waals surface area contributed by atoms with Crippen LogP contribution in [0.4, 0.5) is 0 Å². The molecule has 0 aromatic rings. The van der Waals surface area contributed by atoms with E-state index >= 15 is 0 Å². The largest absolute Gasteiger partial charge is 0.271 e. The maximum Gasteiger partial charge on any atom is 0.253 e.